The first kappa shape index (κ1) is 16.4. The third kappa shape index (κ3) is 5.09. The first-order valence-corrected chi connectivity index (χ1v) is 7.26. The number of nitrogens with zero attached hydrogens (tertiary/aromatic N) is 3. The van der Waals surface area contributed by atoms with E-state index < -0.39 is 0 Å². The average molecular weight is 270 g/mol. The lowest BCUT2D eigenvalue weighted by atomic mass is 10.0. The molecule has 1 saturated heterocycles. The van der Waals surface area contributed by atoms with Crippen LogP contribution in [0.5, 0.6) is 0 Å². The molecule has 1 N–H and O–H groups in total. The lowest BCUT2D eigenvalue weighted by Gasteiger charge is -2.36. The number of carbonyl (C=O) groups is 1. The fourth-order valence-corrected chi connectivity index (χ4v) is 2.49. The smallest absolute Gasteiger partial charge is 0.239 e. The minimum absolute atomic E-state index is 0.0985. The minimum Gasteiger partial charge on any atom is -0.343 e. The lowest BCUT2D eigenvalue weighted by molar-refractivity contribution is -0.131. The molecule has 1 rings (SSSR count). The van der Waals surface area contributed by atoms with Crippen LogP contribution in [0.1, 0.15) is 19.8 Å². The maximum Gasteiger partial charge on any atom is 0.239 e. The molecular weight excluding hydrogens is 240 g/mol. The van der Waals surface area contributed by atoms with Crippen molar-refractivity contribution in [2.75, 3.05) is 54.4 Å². The van der Waals surface area contributed by atoms with Crippen molar-refractivity contribution >= 4 is 5.91 Å². The van der Waals surface area contributed by atoms with E-state index in [0.29, 0.717) is 6.04 Å². The molecule has 5 heteroatoms. The second-order valence-corrected chi connectivity index (χ2v) is 5.79. The molecular formula is C14H30N4O. The highest BCUT2D eigenvalue weighted by Crippen LogP contribution is 2.13. The first-order valence-electron chi connectivity index (χ1n) is 7.26. The van der Waals surface area contributed by atoms with Crippen molar-refractivity contribution in [3.8, 4) is 0 Å². The normalized spacial score (nSPS) is 19.7. The number of amides is 1. The Hall–Kier alpha value is -0.650. The molecule has 0 radical (unpaired) electrons. The van der Waals surface area contributed by atoms with Gasteiger partial charge >= 0.3 is 0 Å². The van der Waals surface area contributed by atoms with Crippen molar-refractivity contribution in [2.24, 2.45) is 0 Å². The Kier molecular flexibility index (Phi) is 6.75. The van der Waals surface area contributed by atoms with Gasteiger partial charge in [-0.3, -0.25) is 4.79 Å². The third-order valence-corrected chi connectivity index (χ3v) is 4.28. The van der Waals surface area contributed by atoms with E-state index in [2.05, 4.69) is 29.2 Å². The van der Waals surface area contributed by atoms with Gasteiger partial charge in [0.05, 0.1) is 6.04 Å². The predicted octanol–water partition coefficient (Wildman–Crippen LogP) is 0.0787. The third-order valence-electron chi connectivity index (χ3n) is 4.28. The Morgan fingerprint density at radius 1 is 1.32 bits per heavy atom. The summed E-state index contributed by atoms with van der Waals surface area (Å²) in [6.07, 6.45) is 2.47. The van der Waals surface area contributed by atoms with Gasteiger partial charge in [-0.1, -0.05) is 0 Å². The van der Waals surface area contributed by atoms with Gasteiger partial charge < -0.3 is 20.0 Å². The van der Waals surface area contributed by atoms with Crippen LogP contribution in [-0.2, 0) is 4.79 Å². The maximum absolute atomic E-state index is 11.9. The predicted molar refractivity (Wildman–Crippen MR) is 79.3 cm³/mol. The van der Waals surface area contributed by atoms with Gasteiger partial charge in [0.1, 0.15) is 0 Å². The van der Waals surface area contributed by atoms with Crippen LogP contribution in [0.3, 0.4) is 0 Å². The van der Waals surface area contributed by atoms with Crippen LogP contribution in [-0.4, -0.2) is 87.1 Å². The lowest BCUT2D eigenvalue weighted by Crippen LogP contribution is -2.47. The molecule has 0 aliphatic carbocycles. The zero-order valence-electron chi connectivity index (χ0n) is 13.1. The van der Waals surface area contributed by atoms with E-state index in [9.17, 15) is 4.79 Å². The summed E-state index contributed by atoms with van der Waals surface area (Å²) in [6, 6.07) is 0.570. The maximum atomic E-state index is 11.9. The summed E-state index contributed by atoms with van der Waals surface area (Å²) in [7, 11) is 8.07. The Labute approximate surface area is 117 Å². The number of likely N-dealkylation sites (N-methyl/N-ethyl adjacent to an activating group) is 3. The SMILES string of the molecule is CNC(C)C(=O)N(C)CCN(C)C1CCN(C)CC1. The number of likely N-dealkylation sites (tertiary alicyclic amines) is 1. The van der Waals surface area contributed by atoms with E-state index in [0.717, 1.165) is 13.1 Å². The standard InChI is InChI=1S/C14H30N4O/c1-12(15-2)14(19)18(5)11-10-17(4)13-6-8-16(3)9-7-13/h12-13,15H,6-11H2,1-5H3. The van der Waals surface area contributed by atoms with E-state index in [1.165, 1.54) is 25.9 Å². The van der Waals surface area contributed by atoms with Gasteiger partial charge in [-0.15, -0.1) is 0 Å². The summed E-state index contributed by atoms with van der Waals surface area (Å²) in [5.41, 5.74) is 0. The van der Waals surface area contributed by atoms with Crippen LogP contribution in [0.2, 0.25) is 0 Å². The summed E-state index contributed by atoms with van der Waals surface area (Å²) in [6.45, 7) is 6.02. The largest absolute Gasteiger partial charge is 0.343 e. The van der Waals surface area contributed by atoms with Gasteiger partial charge in [-0.25, -0.2) is 0 Å². The summed E-state index contributed by atoms with van der Waals surface area (Å²) in [5, 5.41) is 2.99. The van der Waals surface area contributed by atoms with Crippen molar-refractivity contribution in [1.29, 1.82) is 0 Å². The van der Waals surface area contributed by atoms with Gasteiger partial charge in [0, 0.05) is 26.2 Å². The number of piperidine rings is 1. The van der Waals surface area contributed by atoms with Gasteiger partial charge in [0.15, 0.2) is 0 Å². The van der Waals surface area contributed by atoms with Gasteiger partial charge in [-0.05, 0) is 54.0 Å². The molecule has 1 aliphatic heterocycles. The molecule has 112 valence electrons. The Balaban J connectivity index is 2.29. The molecule has 0 spiro atoms. The molecule has 1 aliphatic rings. The molecule has 0 aromatic rings. The van der Waals surface area contributed by atoms with E-state index in [4.69, 9.17) is 0 Å². The molecule has 1 fully saturated rings. The highest BCUT2D eigenvalue weighted by molar-refractivity contribution is 5.81. The van der Waals surface area contributed by atoms with Gasteiger partial charge in [0.25, 0.3) is 0 Å². The molecule has 0 bridgehead atoms. The van der Waals surface area contributed by atoms with E-state index in [1.807, 2.05) is 25.9 Å². The fraction of sp³-hybridized carbons (Fsp3) is 0.929. The molecule has 1 amide bonds. The second kappa shape index (κ2) is 7.82. The summed E-state index contributed by atoms with van der Waals surface area (Å²) in [5.74, 6) is 0.166. The number of rotatable bonds is 6. The molecule has 0 aromatic carbocycles. The van der Waals surface area contributed by atoms with Crippen molar-refractivity contribution in [2.45, 2.75) is 31.8 Å². The molecule has 5 nitrogen and oxygen atoms in total. The van der Waals surface area contributed by atoms with Crippen LogP contribution in [0.15, 0.2) is 0 Å². The molecule has 0 aromatic heterocycles. The fourth-order valence-electron chi connectivity index (χ4n) is 2.49. The van der Waals surface area contributed by atoms with Crippen molar-refractivity contribution in [1.82, 2.24) is 20.0 Å². The number of hydrogen-bond acceptors (Lipinski definition) is 4. The quantitative estimate of drug-likeness (QED) is 0.742. The average Bonchev–Trinajstić information content (AvgIpc) is 2.43. The van der Waals surface area contributed by atoms with Crippen molar-refractivity contribution in [3.63, 3.8) is 0 Å². The van der Waals surface area contributed by atoms with Crippen LogP contribution in [0.25, 0.3) is 0 Å². The van der Waals surface area contributed by atoms with Crippen LogP contribution in [0.4, 0.5) is 0 Å². The molecule has 0 saturated carbocycles. The summed E-state index contributed by atoms with van der Waals surface area (Å²) in [4.78, 5) is 18.6. The summed E-state index contributed by atoms with van der Waals surface area (Å²) < 4.78 is 0. The Morgan fingerprint density at radius 2 is 1.89 bits per heavy atom. The highest BCUT2D eigenvalue weighted by atomic mass is 16.2. The topological polar surface area (TPSA) is 38.8 Å². The Bertz CT molecular complexity index is 277. The number of carbonyl (C=O) groups excluding carboxylic acids is 1. The summed E-state index contributed by atoms with van der Waals surface area (Å²) >= 11 is 0. The molecule has 19 heavy (non-hydrogen) atoms. The molecule has 1 atom stereocenters. The van der Waals surface area contributed by atoms with Crippen LogP contribution >= 0.6 is 0 Å². The number of nitrogens with one attached hydrogen (secondary N) is 1. The molecule has 1 unspecified atom stereocenters. The first-order chi connectivity index (χ1) is 8.95. The van der Waals surface area contributed by atoms with E-state index in [-0.39, 0.29) is 11.9 Å². The Morgan fingerprint density at radius 3 is 2.42 bits per heavy atom. The zero-order chi connectivity index (χ0) is 14.4. The van der Waals surface area contributed by atoms with Gasteiger partial charge in [-0.2, -0.15) is 0 Å². The molecule has 1 heterocycles. The van der Waals surface area contributed by atoms with Crippen LogP contribution < -0.4 is 5.32 Å². The van der Waals surface area contributed by atoms with Crippen LogP contribution in [0, 0.1) is 0 Å². The van der Waals surface area contributed by atoms with E-state index >= 15 is 0 Å². The van der Waals surface area contributed by atoms with Crippen molar-refractivity contribution in [3.05, 3.63) is 0 Å². The monoisotopic (exact) mass is 270 g/mol. The van der Waals surface area contributed by atoms with Crippen molar-refractivity contribution < 1.29 is 4.79 Å². The zero-order valence-corrected chi connectivity index (χ0v) is 13.1. The van der Waals surface area contributed by atoms with Gasteiger partial charge in [0.2, 0.25) is 5.91 Å². The second-order valence-electron chi connectivity index (χ2n) is 5.79. The number of hydrogen-bond donors (Lipinski definition) is 1. The minimum atomic E-state index is -0.0985. The highest BCUT2D eigenvalue weighted by Gasteiger charge is 2.21. The van der Waals surface area contributed by atoms with E-state index in [1.54, 1.807) is 0 Å².